The van der Waals surface area contributed by atoms with Gasteiger partial charge in [-0.2, -0.15) is 0 Å². The Morgan fingerprint density at radius 3 is 2.62 bits per heavy atom. The lowest BCUT2D eigenvalue weighted by Crippen LogP contribution is -2.39. The van der Waals surface area contributed by atoms with Gasteiger partial charge >= 0.3 is 0 Å². The molecule has 21 heavy (non-hydrogen) atoms. The molecule has 0 aliphatic heterocycles. The molecule has 0 unspecified atom stereocenters. The molecule has 0 aliphatic rings. The first-order valence-corrected chi connectivity index (χ1v) is 6.72. The second kappa shape index (κ2) is 8.21. The minimum atomic E-state index is -0.555. The number of hydrogen-bond acceptors (Lipinski definition) is 4. The summed E-state index contributed by atoms with van der Waals surface area (Å²) in [6, 6.07) is 3.95. The highest BCUT2D eigenvalue weighted by Crippen LogP contribution is 2.17. The molecule has 2 amide bonds. The molecule has 0 saturated heterocycles. The van der Waals surface area contributed by atoms with E-state index in [-0.39, 0.29) is 24.7 Å². The van der Waals surface area contributed by atoms with Gasteiger partial charge in [0.25, 0.3) is 0 Å². The van der Waals surface area contributed by atoms with Gasteiger partial charge in [-0.3, -0.25) is 14.5 Å². The first kappa shape index (κ1) is 16.9. The zero-order valence-corrected chi connectivity index (χ0v) is 12.3. The van der Waals surface area contributed by atoms with Crippen molar-refractivity contribution in [2.45, 2.75) is 13.3 Å². The summed E-state index contributed by atoms with van der Waals surface area (Å²) in [6.45, 7) is 2.64. The average molecular weight is 296 g/mol. The number of hydrogen-bond donors (Lipinski definition) is 3. The molecule has 0 spiro atoms. The number of nitrogen functional groups attached to an aromatic ring is 1. The molecule has 0 fully saturated rings. The number of carbonyl (C=O) groups excluding carboxylic acids is 2. The Kier molecular flexibility index (Phi) is 6.61. The molecule has 4 N–H and O–H groups in total. The first-order chi connectivity index (χ1) is 9.92. The molecule has 0 aromatic heterocycles. The van der Waals surface area contributed by atoms with Crippen LogP contribution in [0.3, 0.4) is 0 Å². The lowest BCUT2D eigenvalue weighted by atomic mass is 10.2. The maximum atomic E-state index is 13.5. The largest absolute Gasteiger partial charge is 0.399 e. The summed E-state index contributed by atoms with van der Waals surface area (Å²) in [5, 5.41) is 5.14. The van der Waals surface area contributed by atoms with Crippen molar-refractivity contribution in [3.8, 4) is 0 Å². The topological polar surface area (TPSA) is 87.5 Å². The van der Waals surface area contributed by atoms with Gasteiger partial charge in [-0.25, -0.2) is 4.39 Å². The summed E-state index contributed by atoms with van der Waals surface area (Å²) in [5.74, 6) is -1.12. The lowest BCUT2D eigenvalue weighted by molar-refractivity contribution is -0.122. The highest BCUT2D eigenvalue weighted by atomic mass is 19.1. The highest BCUT2D eigenvalue weighted by molar-refractivity contribution is 5.93. The van der Waals surface area contributed by atoms with E-state index in [2.05, 4.69) is 10.6 Å². The maximum Gasteiger partial charge on any atom is 0.238 e. The molecule has 1 rings (SSSR count). The number of rotatable bonds is 7. The Bertz CT molecular complexity index is 508. The van der Waals surface area contributed by atoms with Crippen molar-refractivity contribution < 1.29 is 14.0 Å². The van der Waals surface area contributed by atoms with Crippen molar-refractivity contribution in [1.82, 2.24) is 10.2 Å². The van der Waals surface area contributed by atoms with E-state index in [1.807, 2.05) is 6.92 Å². The Morgan fingerprint density at radius 2 is 1.95 bits per heavy atom. The Labute approximate surface area is 123 Å². The smallest absolute Gasteiger partial charge is 0.238 e. The van der Waals surface area contributed by atoms with E-state index in [4.69, 9.17) is 5.73 Å². The minimum Gasteiger partial charge on any atom is -0.399 e. The summed E-state index contributed by atoms with van der Waals surface area (Å²) >= 11 is 0. The van der Waals surface area contributed by atoms with Crippen LogP contribution in [-0.2, 0) is 9.59 Å². The molecule has 0 radical (unpaired) electrons. The second-order valence-electron chi connectivity index (χ2n) is 4.81. The van der Waals surface area contributed by atoms with Gasteiger partial charge in [-0.05, 0) is 31.7 Å². The molecule has 0 saturated carbocycles. The Balaban J connectivity index is 2.46. The van der Waals surface area contributed by atoms with Gasteiger partial charge in [0, 0.05) is 12.2 Å². The SMILES string of the molecule is CCCNC(=O)CN(C)CC(=O)Nc1cc(N)ccc1F. The van der Waals surface area contributed by atoms with Crippen LogP contribution >= 0.6 is 0 Å². The van der Waals surface area contributed by atoms with E-state index in [0.717, 1.165) is 6.42 Å². The number of nitrogens with one attached hydrogen (secondary N) is 2. The van der Waals surface area contributed by atoms with Gasteiger partial charge in [0.05, 0.1) is 18.8 Å². The van der Waals surface area contributed by atoms with Crippen molar-refractivity contribution in [3.05, 3.63) is 24.0 Å². The third kappa shape index (κ3) is 6.22. The van der Waals surface area contributed by atoms with Gasteiger partial charge in [0.15, 0.2) is 0 Å². The predicted molar refractivity (Wildman–Crippen MR) is 80.2 cm³/mol. The van der Waals surface area contributed by atoms with Crippen LogP contribution in [0.2, 0.25) is 0 Å². The van der Waals surface area contributed by atoms with Crippen LogP contribution in [0, 0.1) is 5.82 Å². The summed E-state index contributed by atoms with van der Waals surface area (Å²) in [5.41, 5.74) is 5.93. The van der Waals surface area contributed by atoms with E-state index in [1.165, 1.54) is 18.2 Å². The van der Waals surface area contributed by atoms with Crippen LogP contribution in [-0.4, -0.2) is 43.4 Å². The number of carbonyl (C=O) groups is 2. The number of nitrogens with zero attached hydrogens (tertiary/aromatic N) is 1. The van der Waals surface area contributed by atoms with E-state index in [1.54, 1.807) is 11.9 Å². The first-order valence-electron chi connectivity index (χ1n) is 6.72. The fourth-order valence-electron chi connectivity index (χ4n) is 1.69. The van der Waals surface area contributed by atoms with Crippen molar-refractivity contribution in [3.63, 3.8) is 0 Å². The molecule has 1 aromatic carbocycles. The fraction of sp³-hybridized carbons (Fsp3) is 0.429. The van der Waals surface area contributed by atoms with E-state index < -0.39 is 11.7 Å². The molecular formula is C14H21FN4O2. The van der Waals surface area contributed by atoms with Crippen molar-refractivity contribution in [1.29, 1.82) is 0 Å². The third-order valence-electron chi connectivity index (χ3n) is 2.66. The summed E-state index contributed by atoms with van der Waals surface area (Å²) in [7, 11) is 1.64. The molecule has 7 heteroatoms. The van der Waals surface area contributed by atoms with Crippen LogP contribution < -0.4 is 16.4 Å². The number of likely N-dealkylation sites (N-methyl/N-ethyl adjacent to an activating group) is 1. The molecule has 1 aromatic rings. The minimum absolute atomic E-state index is 0.0201. The van der Waals surface area contributed by atoms with E-state index in [9.17, 15) is 14.0 Å². The molecule has 116 valence electrons. The van der Waals surface area contributed by atoms with Crippen LogP contribution in [0.1, 0.15) is 13.3 Å². The zero-order valence-electron chi connectivity index (χ0n) is 12.3. The predicted octanol–water partition coefficient (Wildman–Crippen LogP) is 0.804. The van der Waals surface area contributed by atoms with Gasteiger partial charge in [0.1, 0.15) is 5.82 Å². The Morgan fingerprint density at radius 1 is 1.29 bits per heavy atom. The molecular weight excluding hydrogens is 275 g/mol. The fourth-order valence-corrected chi connectivity index (χ4v) is 1.69. The summed E-state index contributed by atoms with van der Waals surface area (Å²) in [6.07, 6.45) is 0.852. The summed E-state index contributed by atoms with van der Waals surface area (Å²) < 4.78 is 13.5. The van der Waals surface area contributed by atoms with Crippen LogP contribution in [0.25, 0.3) is 0 Å². The lowest BCUT2D eigenvalue weighted by Gasteiger charge is -2.16. The number of anilines is 2. The highest BCUT2D eigenvalue weighted by Gasteiger charge is 2.12. The quantitative estimate of drug-likeness (QED) is 0.650. The van der Waals surface area contributed by atoms with Gasteiger partial charge in [0.2, 0.25) is 11.8 Å². The van der Waals surface area contributed by atoms with Crippen molar-refractivity contribution >= 4 is 23.2 Å². The average Bonchev–Trinajstić information content (AvgIpc) is 2.40. The summed E-state index contributed by atoms with van der Waals surface area (Å²) in [4.78, 5) is 24.8. The van der Waals surface area contributed by atoms with Crippen molar-refractivity contribution in [2.24, 2.45) is 0 Å². The monoisotopic (exact) mass is 296 g/mol. The van der Waals surface area contributed by atoms with Gasteiger partial charge in [-0.15, -0.1) is 0 Å². The van der Waals surface area contributed by atoms with Gasteiger partial charge < -0.3 is 16.4 Å². The molecule has 0 bridgehead atoms. The second-order valence-corrected chi connectivity index (χ2v) is 4.81. The van der Waals surface area contributed by atoms with Gasteiger partial charge in [-0.1, -0.05) is 6.92 Å². The number of nitrogens with two attached hydrogens (primary N) is 1. The third-order valence-corrected chi connectivity index (χ3v) is 2.66. The van der Waals surface area contributed by atoms with E-state index in [0.29, 0.717) is 12.2 Å². The normalized spacial score (nSPS) is 10.5. The van der Waals surface area contributed by atoms with Crippen LogP contribution in [0.15, 0.2) is 18.2 Å². The molecule has 0 heterocycles. The van der Waals surface area contributed by atoms with Crippen LogP contribution in [0.4, 0.5) is 15.8 Å². The Hall–Kier alpha value is -2.15. The van der Waals surface area contributed by atoms with E-state index >= 15 is 0 Å². The molecule has 0 atom stereocenters. The maximum absolute atomic E-state index is 13.5. The molecule has 0 aliphatic carbocycles. The zero-order chi connectivity index (χ0) is 15.8. The standard InChI is InChI=1S/C14H21FN4O2/c1-3-6-17-13(20)8-19(2)9-14(21)18-12-7-10(16)4-5-11(12)15/h4-5,7H,3,6,8-9,16H2,1-2H3,(H,17,20)(H,18,21). The number of halogens is 1. The molecule has 6 nitrogen and oxygen atoms in total. The number of amides is 2. The number of benzene rings is 1. The van der Waals surface area contributed by atoms with Crippen molar-refractivity contribution in [2.75, 3.05) is 37.7 Å². The van der Waals surface area contributed by atoms with Crippen LogP contribution in [0.5, 0.6) is 0 Å².